The van der Waals surface area contributed by atoms with Crippen molar-refractivity contribution in [2.45, 2.75) is 103 Å². The SMILES string of the molecule is CCCCCCCN=C1O/C(=C/c2cc3c4c(c2)CCCN4CCC3)C(=O)N1C1CCCCC1. The van der Waals surface area contributed by atoms with Crippen molar-refractivity contribution in [1.29, 1.82) is 0 Å². The highest BCUT2D eigenvalue weighted by atomic mass is 16.5. The average molecular weight is 464 g/mol. The fourth-order valence-corrected chi connectivity index (χ4v) is 6.21. The molecule has 0 spiro atoms. The molecule has 34 heavy (non-hydrogen) atoms. The molecule has 1 aromatic carbocycles. The maximum atomic E-state index is 13.5. The molecule has 2 fully saturated rings. The highest BCUT2D eigenvalue weighted by Crippen LogP contribution is 2.37. The van der Waals surface area contributed by atoms with Crippen LogP contribution in [0.4, 0.5) is 5.69 Å². The van der Waals surface area contributed by atoms with Gasteiger partial charge < -0.3 is 9.64 Å². The predicted octanol–water partition coefficient (Wildman–Crippen LogP) is 6.24. The summed E-state index contributed by atoms with van der Waals surface area (Å²) >= 11 is 0. The summed E-state index contributed by atoms with van der Waals surface area (Å²) in [6, 6.07) is 5.34. The van der Waals surface area contributed by atoms with Crippen molar-refractivity contribution in [3.05, 3.63) is 34.6 Å². The van der Waals surface area contributed by atoms with Gasteiger partial charge in [0.15, 0.2) is 5.76 Å². The number of unbranched alkanes of at least 4 members (excludes halogenated alkanes) is 4. The molecule has 3 aliphatic heterocycles. The summed E-state index contributed by atoms with van der Waals surface area (Å²) in [6.45, 7) is 5.33. The first-order valence-corrected chi connectivity index (χ1v) is 13.9. The first-order chi connectivity index (χ1) is 16.7. The van der Waals surface area contributed by atoms with E-state index in [1.165, 1.54) is 87.7 Å². The van der Waals surface area contributed by atoms with Crippen LogP contribution in [-0.2, 0) is 22.4 Å². The van der Waals surface area contributed by atoms with Gasteiger partial charge in [-0.2, -0.15) is 0 Å². The summed E-state index contributed by atoms with van der Waals surface area (Å²) in [6.07, 6.45) is 18.4. The normalized spacial score (nSPS) is 23.0. The maximum absolute atomic E-state index is 13.5. The molecule has 4 aliphatic rings. The Kier molecular flexibility index (Phi) is 7.56. The van der Waals surface area contributed by atoms with Crippen LogP contribution in [0.2, 0.25) is 0 Å². The Balaban J connectivity index is 1.37. The Morgan fingerprint density at radius 1 is 0.971 bits per heavy atom. The summed E-state index contributed by atoms with van der Waals surface area (Å²) in [5, 5.41) is 0. The standard InChI is InChI=1S/C29H41N3O2/c1-2-3-4-5-9-16-30-29-32(25-14-7-6-8-15-25)28(33)26(34-29)21-22-19-23-12-10-17-31-18-11-13-24(20-22)27(23)31/h19-21,25H,2-18H2,1H3/b26-21+,30-29?. The van der Waals surface area contributed by atoms with Gasteiger partial charge in [0, 0.05) is 31.4 Å². The van der Waals surface area contributed by atoms with Crippen molar-refractivity contribution in [3.8, 4) is 0 Å². The van der Waals surface area contributed by atoms with Crippen LogP contribution in [-0.4, -0.2) is 42.5 Å². The van der Waals surface area contributed by atoms with Gasteiger partial charge in [0.25, 0.3) is 5.91 Å². The quantitative estimate of drug-likeness (QED) is 0.338. The summed E-state index contributed by atoms with van der Waals surface area (Å²) in [7, 11) is 0. The summed E-state index contributed by atoms with van der Waals surface area (Å²) < 4.78 is 6.20. The lowest BCUT2D eigenvalue weighted by Gasteiger charge is -2.37. The van der Waals surface area contributed by atoms with E-state index in [9.17, 15) is 4.79 Å². The number of nitrogens with zero attached hydrogens (tertiary/aromatic N) is 3. The molecule has 5 heteroatoms. The molecule has 0 atom stereocenters. The first kappa shape index (κ1) is 23.4. The van der Waals surface area contributed by atoms with Gasteiger partial charge in [0.1, 0.15) is 0 Å². The molecule has 0 radical (unpaired) electrons. The van der Waals surface area contributed by atoms with Crippen LogP contribution >= 0.6 is 0 Å². The van der Waals surface area contributed by atoms with Crippen LogP contribution in [0.1, 0.15) is 101 Å². The van der Waals surface area contributed by atoms with E-state index in [1.54, 1.807) is 0 Å². The number of carbonyl (C=O) groups is 1. The summed E-state index contributed by atoms with van der Waals surface area (Å²) in [5.41, 5.74) is 5.44. The Morgan fingerprint density at radius 2 is 1.68 bits per heavy atom. The molecular weight excluding hydrogens is 422 g/mol. The lowest BCUT2D eigenvalue weighted by atomic mass is 9.90. The van der Waals surface area contributed by atoms with Crippen molar-refractivity contribution in [2.24, 2.45) is 4.99 Å². The van der Waals surface area contributed by atoms with Gasteiger partial charge in [-0.1, -0.05) is 51.9 Å². The molecule has 1 amide bonds. The molecule has 1 saturated heterocycles. The zero-order valence-corrected chi connectivity index (χ0v) is 21.0. The minimum Gasteiger partial charge on any atom is -0.420 e. The summed E-state index contributed by atoms with van der Waals surface area (Å²) in [4.78, 5) is 22.8. The zero-order valence-electron chi connectivity index (χ0n) is 21.0. The molecule has 1 saturated carbocycles. The van der Waals surface area contributed by atoms with E-state index in [0.717, 1.165) is 44.2 Å². The van der Waals surface area contributed by atoms with Gasteiger partial charge in [-0.05, 0) is 79.8 Å². The molecule has 0 unspecified atom stereocenters. The highest BCUT2D eigenvalue weighted by Gasteiger charge is 2.40. The van der Waals surface area contributed by atoms with E-state index < -0.39 is 0 Å². The molecular formula is C29H41N3O2. The molecule has 1 aliphatic carbocycles. The molecule has 5 rings (SSSR count). The molecule has 3 heterocycles. The number of anilines is 1. The number of aryl methyl sites for hydroxylation is 2. The van der Waals surface area contributed by atoms with Crippen molar-refractivity contribution in [1.82, 2.24) is 4.90 Å². The summed E-state index contributed by atoms with van der Waals surface area (Å²) in [5.74, 6) is 0.454. The zero-order chi connectivity index (χ0) is 23.3. The second-order valence-electron chi connectivity index (χ2n) is 10.5. The molecule has 0 bridgehead atoms. The van der Waals surface area contributed by atoms with Crippen LogP contribution in [0.15, 0.2) is 22.9 Å². The Bertz CT molecular complexity index is 914. The van der Waals surface area contributed by atoms with Gasteiger partial charge in [0.05, 0.1) is 0 Å². The lowest BCUT2D eigenvalue weighted by molar-refractivity contribution is -0.124. The fraction of sp³-hybridized carbons (Fsp3) is 0.655. The molecule has 0 N–H and O–H groups in total. The van der Waals surface area contributed by atoms with Gasteiger partial charge in [-0.3, -0.25) is 9.69 Å². The third-order valence-corrected chi connectivity index (χ3v) is 7.94. The largest absolute Gasteiger partial charge is 0.420 e. The maximum Gasteiger partial charge on any atom is 0.300 e. The van der Waals surface area contributed by atoms with Gasteiger partial charge >= 0.3 is 6.02 Å². The fourth-order valence-electron chi connectivity index (χ4n) is 6.21. The van der Waals surface area contributed by atoms with Gasteiger partial charge in [-0.15, -0.1) is 0 Å². The van der Waals surface area contributed by atoms with E-state index in [-0.39, 0.29) is 11.9 Å². The van der Waals surface area contributed by atoms with Gasteiger partial charge in [0.2, 0.25) is 0 Å². The highest BCUT2D eigenvalue weighted by molar-refractivity contribution is 6.11. The number of ether oxygens (including phenoxy) is 1. The van der Waals surface area contributed by atoms with Crippen molar-refractivity contribution < 1.29 is 9.53 Å². The van der Waals surface area contributed by atoms with E-state index in [0.29, 0.717) is 11.8 Å². The van der Waals surface area contributed by atoms with Crippen molar-refractivity contribution >= 4 is 23.7 Å². The number of carbonyl (C=O) groups excluding carboxylic acids is 1. The minimum absolute atomic E-state index is 0.00428. The molecule has 184 valence electrons. The Hall–Kier alpha value is -2.30. The number of amidine groups is 1. The van der Waals surface area contributed by atoms with Crippen LogP contribution in [0.5, 0.6) is 0 Å². The van der Waals surface area contributed by atoms with E-state index >= 15 is 0 Å². The molecule has 1 aromatic rings. The third-order valence-electron chi connectivity index (χ3n) is 7.94. The smallest absolute Gasteiger partial charge is 0.300 e. The van der Waals surface area contributed by atoms with E-state index in [1.807, 2.05) is 11.0 Å². The second-order valence-corrected chi connectivity index (χ2v) is 10.5. The van der Waals surface area contributed by atoms with Crippen LogP contribution in [0.25, 0.3) is 6.08 Å². The lowest BCUT2D eigenvalue weighted by Crippen LogP contribution is -2.41. The number of benzene rings is 1. The second kappa shape index (κ2) is 11.0. The Labute approximate surface area is 205 Å². The van der Waals surface area contributed by atoms with Crippen LogP contribution in [0.3, 0.4) is 0 Å². The minimum atomic E-state index is 0.00428. The van der Waals surface area contributed by atoms with Crippen LogP contribution in [0, 0.1) is 0 Å². The number of amides is 1. The molecule has 5 nitrogen and oxygen atoms in total. The first-order valence-electron chi connectivity index (χ1n) is 13.9. The van der Waals surface area contributed by atoms with Crippen molar-refractivity contribution in [3.63, 3.8) is 0 Å². The predicted molar refractivity (Wildman–Crippen MR) is 139 cm³/mol. The Morgan fingerprint density at radius 3 is 2.38 bits per heavy atom. The third kappa shape index (κ3) is 5.04. The van der Waals surface area contributed by atoms with E-state index in [2.05, 4.69) is 24.0 Å². The number of hydrogen-bond acceptors (Lipinski definition) is 4. The van der Waals surface area contributed by atoms with Crippen LogP contribution < -0.4 is 4.90 Å². The van der Waals surface area contributed by atoms with Crippen molar-refractivity contribution in [2.75, 3.05) is 24.5 Å². The number of aliphatic imine (C=N–C) groups is 1. The number of hydrogen-bond donors (Lipinski definition) is 0. The average Bonchev–Trinajstić information content (AvgIpc) is 3.16. The topological polar surface area (TPSA) is 45.1 Å². The number of rotatable bonds is 8. The van der Waals surface area contributed by atoms with E-state index in [4.69, 9.17) is 9.73 Å². The molecule has 0 aromatic heterocycles. The monoisotopic (exact) mass is 463 g/mol. The van der Waals surface area contributed by atoms with Gasteiger partial charge in [-0.25, -0.2) is 4.99 Å².